The molecular weight excluding hydrogens is 290 g/mol. The van der Waals surface area contributed by atoms with E-state index < -0.39 is 0 Å². The maximum Gasteiger partial charge on any atom is 0.239 e. The Kier molecular flexibility index (Phi) is 5.30. The molecule has 2 heterocycles. The molecule has 1 saturated heterocycles. The molecule has 1 N–H and O–H groups in total. The summed E-state index contributed by atoms with van der Waals surface area (Å²) in [4.78, 5) is 19.4. The second-order valence-electron chi connectivity index (χ2n) is 6.56. The monoisotopic (exact) mass is 317 g/mol. The summed E-state index contributed by atoms with van der Waals surface area (Å²) in [6.07, 6.45) is 0.957. The maximum absolute atomic E-state index is 12.8. The smallest absolute Gasteiger partial charge is 0.239 e. The highest BCUT2D eigenvalue weighted by atomic mass is 16.3. The Morgan fingerprint density at radius 1 is 1.13 bits per heavy atom. The van der Waals surface area contributed by atoms with Crippen molar-refractivity contribution in [2.75, 3.05) is 45.9 Å². The zero-order chi connectivity index (χ0) is 16.2. The Morgan fingerprint density at radius 3 is 2.52 bits per heavy atom. The molecule has 1 fully saturated rings. The van der Waals surface area contributed by atoms with Crippen LogP contribution in [0.4, 0.5) is 0 Å². The molecule has 1 unspecified atom stereocenters. The van der Waals surface area contributed by atoms with Crippen LogP contribution in [0, 0.1) is 0 Å². The van der Waals surface area contributed by atoms with Crippen LogP contribution in [-0.2, 0) is 17.8 Å². The first-order chi connectivity index (χ1) is 11.2. The van der Waals surface area contributed by atoms with Crippen molar-refractivity contribution in [3.8, 4) is 0 Å². The van der Waals surface area contributed by atoms with E-state index in [4.69, 9.17) is 5.11 Å². The molecule has 23 heavy (non-hydrogen) atoms. The van der Waals surface area contributed by atoms with Gasteiger partial charge >= 0.3 is 0 Å². The van der Waals surface area contributed by atoms with Crippen molar-refractivity contribution in [3.63, 3.8) is 0 Å². The average molecular weight is 317 g/mol. The predicted molar refractivity (Wildman–Crippen MR) is 90.1 cm³/mol. The van der Waals surface area contributed by atoms with Gasteiger partial charge in [0, 0.05) is 45.8 Å². The number of nitrogens with zero attached hydrogens (tertiary/aromatic N) is 3. The summed E-state index contributed by atoms with van der Waals surface area (Å²) in [7, 11) is 0. The third-order valence-corrected chi connectivity index (χ3v) is 5.17. The lowest BCUT2D eigenvalue weighted by molar-refractivity contribution is -0.138. The van der Waals surface area contributed by atoms with E-state index in [1.165, 1.54) is 11.1 Å². The number of aliphatic hydroxyl groups excluding tert-OH is 1. The quantitative estimate of drug-likeness (QED) is 0.882. The summed E-state index contributed by atoms with van der Waals surface area (Å²) in [5.74, 6) is 0.245. The second-order valence-corrected chi connectivity index (χ2v) is 6.56. The van der Waals surface area contributed by atoms with E-state index in [1.54, 1.807) is 0 Å². The number of carbonyl (C=O) groups excluding carboxylic acids is 1. The van der Waals surface area contributed by atoms with Crippen LogP contribution >= 0.6 is 0 Å². The van der Waals surface area contributed by atoms with Crippen molar-refractivity contribution in [1.29, 1.82) is 0 Å². The molecule has 2 aliphatic rings. The minimum atomic E-state index is -0.0588. The normalized spacial score (nSPS) is 21.0. The van der Waals surface area contributed by atoms with Gasteiger partial charge < -0.3 is 10.0 Å². The molecule has 5 nitrogen and oxygen atoms in total. The summed E-state index contributed by atoms with van der Waals surface area (Å²) in [6, 6.07) is 8.37. The summed E-state index contributed by atoms with van der Waals surface area (Å²) in [5.41, 5.74) is 2.66. The molecule has 0 radical (unpaired) electrons. The van der Waals surface area contributed by atoms with Crippen LogP contribution in [0.1, 0.15) is 18.1 Å². The number of rotatable bonds is 4. The van der Waals surface area contributed by atoms with Crippen molar-refractivity contribution < 1.29 is 9.90 Å². The molecule has 1 aromatic carbocycles. The van der Waals surface area contributed by atoms with Gasteiger partial charge in [0.25, 0.3) is 0 Å². The highest BCUT2D eigenvalue weighted by Gasteiger charge is 2.30. The number of hydrogen-bond acceptors (Lipinski definition) is 4. The minimum Gasteiger partial charge on any atom is -0.395 e. The molecule has 3 rings (SSSR count). The van der Waals surface area contributed by atoms with E-state index >= 15 is 0 Å². The molecule has 1 aromatic rings. The van der Waals surface area contributed by atoms with E-state index in [-0.39, 0.29) is 18.6 Å². The largest absolute Gasteiger partial charge is 0.395 e. The van der Waals surface area contributed by atoms with Crippen molar-refractivity contribution >= 4 is 5.91 Å². The highest BCUT2D eigenvalue weighted by molar-refractivity contribution is 5.81. The predicted octanol–water partition coefficient (Wildman–Crippen LogP) is 0.570. The molecule has 0 bridgehead atoms. The highest BCUT2D eigenvalue weighted by Crippen LogP contribution is 2.20. The Bertz CT molecular complexity index is 541. The number of piperazine rings is 1. The molecule has 1 atom stereocenters. The lowest BCUT2D eigenvalue weighted by Crippen LogP contribution is -2.55. The SMILES string of the molecule is CC(C(=O)N1CCc2ccccc2C1)N1CCN(CCO)CC1. The average Bonchev–Trinajstić information content (AvgIpc) is 2.61. The molecule has 2 aliphatic heterocycles. The standard InChI is InChI=1S/C18H27N3O2/c1-15(20-10-8-19(9-11-20)12-13-22)18(23)21-7-6-16-4-2-3-5-17(16)14-21/h2-5,15,22H,6-14H2,1H3. The van der Waals surface area contributed by atoms with E-state index in [0.29, 0.717) is 0 Å². The van der Waals surface area contributed by atoms with Gasteiger partial charge in [-0.1, -0.05) is 24.3 Å². The molecule has 0 aliphatic carbocycles. The van der Waals surface area contributed by atoms with Gasteiger partial charge in [0.15, 0.2) is 0 Å². The fourth-order valence-corrected chi connectivity index (χ4v) is 3.62. The maximum atomic E-state index is 12.8. The van der Waals surface area contributed by atoms with Gasteiger partial charge in [0.1, 0.15) is 0 Å². The number of hydrogen-bond donors (Lipinski definition) is 1. The number of benzene rings is 1. The summed E-state index contributed by atoms with van der Waals surface area (Å²) in [5, 5.41) is 9.02. The lowest BCUT2D eigenvalue weighted by atomic mass is 9.99. The third-order valence-electron chi connectivity index (χ3n) is 5.17. The minimum absolute atomic E-state index is 0.0588. The number of carbonyl (C=O) groups is 1. The topological polar surface area (TPSA) is 47.0 Å². The van der Waals surface area contributed by atoms with Crippen LogP contribution in [-0.4, -0.2) is 77.6 Å². The second kappa shape index (κ2) is 7.43. The van der Waals surface area contributed by atoms with Crippen LogP contribution < -0.4 is 0 Å². The van der Waals surface area contributed by atoms with Gasteiger partial charge in [-0.05, 0) is 24.5 Å². The van der Waals surface area contributed by atoms with Gasteiger partial charge in [0.2, 0.25) is 5.91 Å². The number of amides is 1. The summed E-state index contributed by atoms with van der Waals surface area (Å²) < 4.78 is 0. The van der Waals surface area contributed by atoms with Crippen LogP contribution in [0.2, 0.25) is 0 Å². The first kappa shape index (κ1) is 16.4. The van der Waals surface area contributed by atoms with E-state index in [1.807, 2.05) is 11.8 Å². The fourth-order valence-electron chi connectivity index (χ4n) is 3.62. The fraction of sp³-hybridized carbons (Fsp3) is 0.611. The molecule has 0 saturated carbocycles. The molecule has 126 valence electrons. The van der Waals surface area contributed by atoms with Crippen LogP contribution in [0.3, 0.4) is 0 Å². The lowest BCUT2D eigenvalue weighted by Gasteiger charge is -2.39. The van der Waals surface area contributed by atoms with Gasteiger partial charge in [-0.3, -0.25) is 14.6 Å². The summed E-state index contributed by atoms with van der Waals surface area (Å²) >= 11 is 0. The van der Waals surface area contributed by atoms with E-state index in [9.17, 15) is 4.79 Å². The number of aliphatic hydroxyl groups is 1. The molecule has 5 heteroatoms. The number of fused-ring (bicyclic) bond motifs is 1. The third kappa shape index (κ3) is 3.74. The van der Waals surface area contributed by atoms with Gasteiger partial charge in [-0.2, -0.15) is 0 Å². The van der Waals surface area contributed by atoms with Gasteiger partial charge in [0.05, 0.1) is 12.6 Å². The zero-order valence-corrected chi connectivity index (χ0v) is 13.9. The van der Waals surface area contributed by atoms with Crippen LogP contribution in [0.25, 0.3) is 0 Å². The van der Waals surface area contributed by atoms with Crippen molar-refractivity contribution in [3.05, 3.63) is 35.4 Å². The van der Waals surface area contributed by atoms with Crippen molar-refractivity contribution in [2.45, 2.75) is 25.9 Å². The summed E-state index contributed by atoms with van der Waals surface area (Å²) in [6.45, 7) is 8.20. The van der Waals surface area contributed by atoms with Crippen LogP contribution in [0.15, 0.2) is 24.3 Å². The van der Waals surface area contributed by atoms with Gasteiger partial charge in [-0.25, -0.2) is 0 Å². The Hall–Kier alpha value is -1.43. The Balaban J connectivity index is 1.56. The van der Waals surface area contributed by atoms with E-state index in [2.05, 4.69) is 34.1 Å². The van der Waals surface area contributed by atoms with E-state index in [0.717, 1.165) is 52.2 Å². The Labute approximate surface area is 138 Å². The molecule has 1 amide bonds. The first-order valence-electron chi connectivity index (χ1n) is 8.62. The van der Waals surface area contributed by atoms with Gasteiger partial charge in [-0.15, -0.1) is 0 Å². The number of β-amino-alcohol motifs (C(OH)–C–C–N with tert-alkyl or cyclic N) is 1. The Morgan fingerprint density at radius 2 is 1.83 bits per heavy atom. The molecule has 0 aromatic heterocycles. The van der Waals surface area contributed by atoms with Crippen molar-refractivity contribution in [2.24, 2.45) is 0 Å². The zero-order valence-electron chi connectivity index (χ0n) is 13.9. The van der Waals surface area contributed by atoms with Crippen LogP contribution in [0.5, 0.6) is 0 Å². The molecular formula is C18H27N3O2. The first-order valence-corrected chi connectivity index (χ1v) is 8.62. The molecule has 0 spiro atoms. The van der Waals surface area contributed by atoms with Crippen molar-refractivity contribution in [1.82, 2.24) is 14.7 Å².